The van der Waals surface area contributed by atoms with E-state index in [-0.39, 0.29) is 0 Å². The summed E-state index contributed by atoms with van der Waals surface area (Å²) in [6.45, 7) is 8.46. The molecule has 1 N–H and O–H groups in total. The number of halogens is 1. The SMILES string of the molecule is CCCN1CCN(Cc2cc(-c3ccnc4cc(Cl)ccc34)ccc2O)CC1. The van der Waals surface area contributed by atoms with E-state index in [4.69, 9.17) is 11.6 Å². The highest BCUT2D eigenvalue weighted by Gasteiger charge is 2.18. The number of phenols is 1. The van der Waals surface area contributed by atoms with E-state index in [0.29, 0.717) is 10.8 Å². The molecule has 0 radical (unpaired) electrons. The summed E-state index contributed by atoms with van der Waals surface area (Å²) < 4.78 is 0. The third-order valence-electron chi connectivity index (χ3n) is 5.49. The highest BCUT2D eigenvalue weighted by molar-refractivity contribution is 6.31. The van der Waals surface area contributed by atoms with Gasteiger partial charge in [0.2, 0.25) is 0 Å². The molecule has 146 valence electrons. The van der Waals surface area contributed by atoms with E-state index in [2.05, 4.69) is 27.8 Å². The predicted molar refractivity (Wildman–Crippen MR) is 116 cm³/mol. The summed E-state index contributed by atoms with van der Waals surface area (Å²) in [5, 5.41) is 12.2. The smallest absolute Gasteiger partial charge is 0.120 e. The number of aromatic nitrogens is 1. The van der Waals surface area contributed by atoms with E-state index in [1.54, 1.807) is 6.07 Å². The molecule has 0 amide bonds. The molecule has 1 fully saturated rings. The Labute approximate surface area is 171 Å². The van der Waals surface area contributed by atoms with E-state index >= 15 is 0 Å². The largest absolute Gasteiger partial charge is 0.508 e. The number of phenolic OH excluding ortho intramolecular Hbond substituents is 1. The second-order valence-corrected chi connectivity index (χ2v) is 7.92. The number of fused-ring (bicyclic) bond motifs is 1. The van der Waals surface area contributed by atoms with Crippen LogP contribution in [0.15, 0.2) is 48.7 Å². The van der Waals surface area contributed by atoms with Gasteiger partial charge in [0.15, 0.2) is 0 Å². The van der Waals surface area contributed by atoms with Crippen LogP contribution in [0.2, 0.25) is 5.02 Å². The van der Waals surface area contributed by atoms with Crippen LogP contribution in [0, 0.1) is 0 Å². The van der Waals surface area contributed by atoms with Gasteiger partial charge in [-0.25, -0.2) is 0 Å². The third-order valence-corrected chi connectivity index (χ3v) is 5.73. The van der Waals surface area contributed by atoms with Crippen LogP contribution in [0.25, 0.3) is 22.0 Å². The first-order valence-electron chi connectivity index (χ1n) is 9.95. The number of benzene rings is 2. The van der Waals surface area contributed by atoms with Gasteiger partial charge in [0.25, 0.3) is 0 Å². The molecule has 0 atom stereocenters. The van der Waals surface area contributed by atoms with Crippen molar-refractivity contribution in [1.29, 1.82) is 0 Å². The molecule has 1 aliphatic heterocycles. The van der Waals surface area contributed by atoms with Crippen molar-refractivity contribution in [3.8, 4) is 16.9 Å². The van der Waals surface area contributed by atoms with Crippen LogP contribution >= 0.6 is 11.6 Å². The van der Waals surface area contributed by atoms with Crippen molar-refractivity contribution in [3.63, 3.8) is 0 Å². The normalized spacial score (nSPS) is 15.9. The monoisotopic (exact) mass is 395 g/mol. The third kappa shape index (κ3) is 4.14. The molecule has 1 aliphatic rings. The number of rotatable bonds is 5. The van der Waals surface area contributed by atoms with Crippen molar-refractivity contribution in [2.45, 2.75) is 19.9 Å². The first kappa shape index (κ1) is 19.2. The molecule has 3 aromatic rings. The summed E-state index contributed by atoms with van der Waals surface area (Å²) in [4.78, 5) is 9.38. The van der Waals surface area contributed by atoms with E-state index < -0.39 is 0 Å². The second kappa shape index (κ2) is 8.48. The fourth-order valence-corrected chi connectivity index (χ4v) is 4.15. The molecule has 0 aliphatic carbocycles. The molecule has 4 nitrogen and oxygen atoms in total. The molecule has 0 bridgehead atoms. The fourth-order valence-electron chi connectivity index (χ4n) is 3.98. The van der Waals surface area contributed by atoms with Gasteiger partial charge in [-0.1, -0.05) is 30.7 Å². The van der Waals surface area contributed by atoms with Crippen LogP contribution in [-0.2, 0) is 6.54 Å². The minimum absolute atomic E-state index is 0.362. The molecule has 0 spiro atoms. The van der Waals surface area contributed by atoms with Crippen LogP contribution in [0.4, 0.5) is 0 Å². The average Bonchev–Trinajstić information content (AvgIpc) is 2.70. The minimum atomic E-state index is 0.362. The summed E-state index contributed by atoms with van der Waals surface area (Å²) >= 11 is 6.12. The standard InChI is InChI=1S/C23H26ClN3O/c1-2-9-26-10-12-27(13-11-26)16-18-14-17(3-6-23(18)28)20-7-8-25-22-15-19(24)4-5-21(20)22/h3-8,14-15,28H,2,9-13,16H2,1H3. The molecule has 1 aromatic heterocycles. The molecule has 2 heterocycles. The van der Waals surface area contributed by atoms with Crippen LogP contribution in [0.1, 0.15) is 18.9 Å². The number of aromatic hydroxyl groups is 1. The van der Waals surface area contributed by atoms with Crippen molar-refractivity contribution in [2.24, 2.45) is 0 Å². The maximum atomic E-state index is 10.4. The van der Waals surface area contributed by atoms with Crippen LogP contribution in [-0.4, -0.2) is 52.6 Å². The summed E-state index contributed by atoms with van der Waals surface area (Å²) in [5.41, 5.74) is 4.05. The molecule has 1 saturated heterocycles. The fraction of sp³-hybridized carbons (Fsp3) is 0.348. The Morgan fingerprint density at radius 2 is 1.79 bits per heavy atom. The number of hydrogen-bond acceptors (Lipinski definition) is 4. The highest BCUT2D eigenvalue weighted by Crippen LogP contribution is 2.32. The van der Waals surface area contributed by atoms with E-state index in [1.165, 1.54) is 13.0 Å². The first-order chi connectivity index (χ1) is 13.6. The van der Waals surface area contributed by atoms with Gasteiger partial charge in [0.05, 0.1) is 5.52 Å². The first-order valence-corrected chi connectivity index (χ1v) is 10.3. The topological polar surface area (TPSA) is 39.6 Å². The molecule has 5 heteroatoms. The van der Waals surface area contributed by atoms with E-state index in [9.17, 15) is 5.11 Å². The molecule has 4 rings (SSSR count). The second-order valence-electron chi connectivity index (χ2n) is 7.48. The van der Waals surface area contributed by atoms with Gasteiger partial charge in [-0.2, -0.15) is 0 Å². The van der Waals surface area contributed by atoms with Crippen molar-refractivity contribution in [1.82, 2.24) is 14.8 Å². The Hall–Kier alpha value is -2.14. The quantitative estimate of drug-likeness (QED) is 0.674. The van der Waals surface area contributed by atoms with Crippen molar-refractivity contribution in [2.75, 3.05) is 32.7 Å². The van der Waals surface area contributed by atoms with Crippen molar-refractivity contribution >= 4 is 22.5 Å². The summed E-state index contributed by atoms with van der Waals surface area (Å²) in [6.07, 6.45) is 3.02. The Bertz CT molecular complexity index is 967. The predicted octanol–water partition coefficient (Wildman–Crippen LogP) is 4.79. The van der Waals surface area contributed by atoms with Gasteiger partial charge < -0.3 is 10.0 Å². The average molecular weight is 396 g/mol. The summed E-state index contributed by atoms with van der Waals surface area (Å²) in [7, 11) is 0. The van der Waals surface area contributed by atoms with Gasteiger partial charge in [-0.3, -0.25) is 9.88 Å². The van der Waals surface area contributed by atoms with E-state index in [0.717, 1.165) is 60.3 Å². The number of nitrogens with zero attached hydrogens (tertiary/aromatic N) is 3. The lowest BCUT2D eigenvalue weighted by Crippen LogP contribution is -2.45. The Balaban J connectivity index is 1.58. The summed E-state index contributed by atoms with van der Waals surface area (Å²) in [5.74, 6) is 0.362. The maximum absolute atomic E-state index is 10.4. The van der Waals surface area contributed by atoms with E-state index in [1.807, 2.05) is 36.5 Å². The summed E-state index contributed by atoms with van der Waals surface area (Å²) in [6, 6.07) is 13.7. The molecular weight excluding hydrogens is 370 g/mol. The molecule has 2 aromatic carbocycles. The van der Waals surface area contributed by atoms with Crippen molar-refractivity contribution < 1.29 is 5.11 Å². The van der Waals surface area contributed by atoms with Gasteiger partial charge >= 0.3 is 0 Å². The van der Waals surface area contributed by atoms with Gasteiger partial charge in [0, 0.05) is 54.9 Å². The van der Waals surface area contributed by atoms with Gasteiger partial charge in [-0.15, -0.1) is 0 Å². The Morgan fingerprint density at radius 3 is 2.57 bits per heavy atom. The zero-order chi connectivity index (χ0) is 19.5. The number of pyridine rings is 1. The zero-order valence-corrected chi connectivity index (χ0v) is 17.0. The van der Waals surface area contributed by atoms with Gasteiger partial charge in [-0.05, 0) is 54.4 Å². The molecule has 0 unspecified atom stereocenters. The number of piperazine rings is 1. The lowest BCUT2D eigenvalue weighted by Gasteiger charge is -2.34. The van der Waals surface area contributed by atoms with Gasteiger partial charge in [0.1, 0.15) is 5.75 Å². The van der Waals surface area contributed by atoms with Crippen LogP contribution in [0.3, 0.4) is 0 Å². The molecule has 28 heavy (non-hydrogen) atoms. The lowest BCUT2D eigenvalue weighted by atomic mass is 9.99. The Kier molecular flexibility index (Phi) is 5.81. The van der Waals surface area contributed by atoms with Crippen LogP contribution in [0.5, 0.6) is 5.75 Å². The molecule has 0 saturated carbocycles. The highest BCUT2D eigenvalue weighted by atomic mass is 35.5. The number of hydrogen-bond donors (Lipinski definition) is 1. The zero-order valence-electron chi connectivity index (χ0n) is 16.2. The van der Waals surface area contributed by atoms with Crippen LogP contribution < -0.4 is 0 Å². The molecular formula is C23H26ClN3O. The Morgan fingerprint density at radius 1 is 1.00 bits per heavy atom. The minimum Gasteiger partial charge on any atom is -0.508 e. The maximum Gasteiger partial charge on any atom is 0.120 e. The lowest BCUT2D eigenvalue weighted by molar-refractivity contribution is 0.126. The van der Waals surface area contributed by atoms with Crippen molar-refractivity contribution in [3.05, 3.63) is 59.2 Å².